The van der Waals surface area contributed by atoms with E-state index >= 15 is 0 Å². The predicted molar refractivity (Wildman–Crippen MR) is 129 cm³/mol. The molecule has 1 aliphatic heterocycles. The van der Waals surface area contributed by atoms with E-state index in [1.54, 1.807) is 43.5 Å². The first-order chi connectivity index (χ1) is 15.5. The number of ketones is 1. The van der Waals surface area contributed by atoms with Gasteiger partial charge in [-0.15, -0.1) is 15.7 Å². The molecular formula is C22H31N5O4S2. The van der Waals surface area contributed by atoms with Gasteiger partial charge in [-0.25, -0.2) is 4.98 Å². The van der Waals surface area contributed by atoms with Crippen LogP contribution >= 0.6 is 11.3 Å². The smallest absolute Gasteiger partial charge is 0.286 e. The molecule has 2 aromatic rings. The van der Waals surface area contributed by atoms with Crippen LogP contribution < -0.4 is 16.2 Å². The predicted octanol–water partition coefficient (Wildman–Crippen LogP) is 2.39. The van der Waals surface area contributed by atoms with Gasteiger partial charge in [-0.1, -0.05) is 0 Å². The maximum absolute atomic E-state index is 13.2. The second-order valence-corrected chi connectivity index (χ2v) is 10.8. The van der Waals surface area contributed by atoms with Gasteiger partial charge in [0.1, 0.15) is 5.75 Å². The number of hydrogen-bond donors (Lipinski definition) is 2. The average Bonchev–Trinajstić information content (AvgIpc) is 3.30. The first-order valence-corrected chi connectivity index (χ1v) is 13.1. The maximum atomic E-state index is 13.2. The van der Waals surface area contributed by atoms with Gasteiger partial charge in [0.15, 0.2) is 5.01 Å². The van der Waals surface area contributed by atoms with Crippen molar-refractivity contribution >= 4 is 33.1 Å². The summed E-state index contributed by atoms with van der Waals surface area (Å²) in [6.45, 7) is 6.34. The van der Waals surface area contributed by atoms with Gasteiger partial charge in [-0.2, -0.15) is 8.42 Å². The van der Waals surface area contributed by atoms with E-state index in [2.05, 4.69) is 9.38 Å². The highest BCUT2D eigenvalue weighted by Gasteiger charge is 2.29. The van der Waals surface area contributed by atoms with E-state index in [9.17, 15) is 13.2 Å². The van der Waals surface area contributed by atoms with Crippen molar-refractivity contribution in [3.63, 3.8) is 0 Å². The minimum absolute atomic E-state index is 0.0493. The van der Waals surface area contributed by atoms with Gasteiger partial charge in [0.05, 0.1) is 18.0 Å². The van der Waals surface area contributed by atoms with Crippen LogP contribution in [0.2, 0.25) is 0 Å². The van der Waals surface area contributed by atoms with Crippen molar-refractivity contribution < 1.29 is 17.9 Å². The molecule has 2 heterocycles. The van der Waals surface area contributed by atoms with Gasteiger partial charge in [0, 0.05) is 24.7 Å². The first-order valence-electron chi connectivity index (χ1n) is 10.7. The Bertz CT molecular complexity index is 1150. The molecule has 1 aromatic carbocycles. The topological polar surface area (TPSA) is 141 Å². The van der Waals surface area contributed by atoms with Crippen LogP contribution in [0.15, 0.2) is 26.9 Å². The number of likely N-dealkylation sites (tertiary alicyclic amines) is 1. The number of aryl methyl sites for hydroxylation is 1. The number of rotatable bonds is 7. The highest BCUT2D eigenvalue weighted by atomic mass is 32.2. The zero-order chi connectivity index (χ0) is 24.3. The molecule has 3 rings (SSSR count). The summed E-state index contributed by atoms with van der Waals surface area (Å²) >= 11 is 1.27. The van der Waals surface area contributed by atoms with Crippen molar-refractivity contribution in [3.8, 4) is 5.75 Å². The molecule has 0 bridgehead atoms. The standard InChI is InChI=1S/C22H31N5O4S2/c1-13-10-18(31-4)14(2)15(3)20(13)33(29,30)26-22(24)27-8-5-6-16(12-27)11-17(23)19(28)21-25-7-9-32-21/h7,9-10,16-17H,5-6,8,11-12,23H2,1-4H3,(H2,24,26)/t16-,17?/m0/s1. The summed E-state index contributed by atoms with van der Waals surface area (Å²) in [7, 11) is -2.47. The molecule has 0 amide bonds. The molecule has 0 spiro atoms. The lowest BCUT2D eigenvalue weighted by Gasteiger charge is -2.34. The molecule has 1 fully saturated rings. The zero-order valence-corrected chi connectivity index (χ0v) is 21.0. The van der Waals surface area contributed by atoms with Crippen LogP contribution in [-0.4, -0.2) is 56.3 Å². The van der Waals surface area contributed by atoms with Crippen molar-refractivity contribution in [3.05, 3.63) is 39.3 Å². The van der Waals surface area contributed by atoms with Crippen molar-refractivity contribution in [1.29, 1.82) is 0 Å². The van der Waals surface area contributed by atoms with E-state index in [-0.39, 0.29) is 22.6 Å². The Hall–Kier alpha value is -2.50. The third-order valence-corrected chi connectivity index (χ3v) is 8.44. The Morgan fingerprint density at radius 1 is 1.36 bits per heavy atom. The number of piperidine rings is 1. The molecule has 0 aliphatic carbocycles. The van der Waals surface area contributed by atoms with Crippen LogP contribution in [0, 0.1) is 26.7 Å². The fourth-order valence-electron chi connectivity index (χ4n) is 4.29. The first kappa shape index (κ1) is 25.1. The Labute approximate surface area is 198 Å². The van der Waals surface area contributed by atoms with Crippen LogP contribution in [0.3, 0.4) is 0 Å². The van der Waals surface area contributed by atoms with Crippen molar-refractivity contribution in [2.45, 2.75) is 51.0 Å². The van der Waals surface area contributed by atoms with Gasteiger partial charge in [-0.3, -0.25) is 4.79 Å². The number of sulfonamides is 1. The summed E-state index contributed by atoms with van der Waals surface area (Å²) in [6.07, 6.45) is 3.74. The van der Waals surface area contributed by atoms with Gasteiger partial charge in [0.25, 0.3) is 10.0 Å². The fourth-order valence-corrected chi connectivity index (χ4v) is 6.39. The Balaban J connectivity index is 1.76. The minimum atomic E-state index is -4.02. The van der Waals surface area contributed by atoms with E-state index in [1.165, 1.54) is 11.3 Å². The van der Waals surface area contributed by atoms with Crippen LogP contribution in [0.4, 0.5) is 0 Å². The number of thiazole rings is 1. The summed E-state index contributed by atoms with van der Waals surface area (Å²) in [5.74, 6) is 0.503. The van der Waals surface area contributed by atoms with Crippen molar-refractivity contribution in [2.75, 3.05) is 20.2 Å². The number of aromatic nitrogens is 1. The van der Waals surface area contributed by atoms with E-state index in [0.29, 0.717) is 41.4 Å². The number of carbonyl (C=O) groups excluding carboxylic acids is 1. The second kappa shape index (κ2) is 10.2. The van der Waals surface area contributed by atoms with Crippen LogP contribution in [-0.2, 0) is 10.0 Å². The Morgan fingerprint density at radius 3 is 2.73 bits per heavy atom. The zero-order valence-electron chi connectivity index (χ0n) is 19.4. The van der Waals surface area contributed by atoms with Gasteiger partial charge in [0.2, 0.25) is 11.7 Å². The number of carbonyl (C=O) groups is 1. The number of Topliss-reactive ketones (excluding diaryl/α,β-unsaturated/α-hetero) is 1. The summed E-state index contributed by atoms with van der Waals surface area (Å²) in [5, 5.41) is 2.15. The third-order valence-electron chi connectivity index (χ3n) is 6.08. The van der Waals surface area contributed by atoms with Crippen molar-refractivity contribution in [2.24, 2.45) is 21.8 Å². The normalized spacial score (nSPS) is 18.3. The summed E-state index contributed by atoms with van der Waals surface area (Å²) in [5.41, 5.74) is 14.2. The molecule has 11 heteroatoms. The SMILES string of the molecule is COc1cc(C)c(S(=O)(=O)/N=C(\N)N2CCC[C@@H](CC(N)C(=O)c3nccs3)C2)c(C)c1C. The Morgan fingerprint density at radius 2 is 2.09 bits per heavy atom. The van der Waals surface area contributed by atoms with Gasteiger partial charge in [-0.05, 0) is 68.7 Å². The van der Waals surface area contributed by atoms with Crippen LogP contribution in [0.25, 0.3) is 0 Å². The fraction of sp³-hybridized carbons (Fsp3) is 0.500. The molecule has 0 saturated carbocycles. The highest BCUT2D eigenvalue weighted by Crippen LogP contribution is 2.32. The number of methoxy groups -OCH3 is 1. The monoisotopic (exact) mass is 493 g/mol. The molecule has 1 unspecified atom stereocenters. The van der Waals surface area contributed by atoms with E-state index in [1.807, 2.05) is 6.92 Å². The van der Waals surface area contributed by atoms with E-state index < -0.39 is 16.1 Å². The lowest BCUT2D eigenvalue weighted by atomic mass is 9.90. The molecule has 2 atom stereocenters. The van der Waals surface area contributed by atoms with Gasteiger partial charge >= 0.3 is 0 Å². The van der Waals surface area contributed by atoms with Crippen molar-refractivity contribution in [1.82, 2.24) is 9.88 Å². The molecule has 1 saturated heterocycles. The number of ether oxygens (including phenoxy) is 1. The molecule has 1 aliphatic rings. The number of hydrogen-bond acceptors (Lipinski definition) is 7. The minimum Gasteiger partial charge on any atom is -0.496 e. The number of nitrogens with zero attached hydrogens (tertiary/aromatic N) is 3. The van der Waals surface area contributed by atoms with Crippen LogP contribution in [0.1, 0.15) is 45.8 Å². The average molecular weight is 494 g/mol. The van der Waals surface area contributed by atoms with Gasteiger partial charge < -0.3 is 21.1 Å². The quantitative estimate of drug-likeness (QED) is 0.340. The number of guanidine groups is 1. The molecule has 9 nitrogen and oxygen atoms in total. The summed E-state index contributed by atoms with van der Waals surface area (Å²) in [4.78, 5) is 18.4. The van der Waals surface area contributed by atoms with Crippen LogP contribution in [0.5, 0.6) is 5.75 Å². The summed E-state index contributed by atoms with van der Waals surface area (Å²) < 4.78 is 35.6. The molecule has 0 radical (unpaired) electrons. The molecular weight excluding hydrogens is 462 g/mol. The molecule has 33 heavy (non-hydrogen) atoms. The highest BCUT2D eigenvalue weighted by molar-refractivity contribution is 7.90. The maximum Gasteiger partial charge on any atom is 0.286 e. The number of benzene rings is 1. The lowest BCUT2D eigenvalue weighted by Crippen LogP contribution is -2.46. The summed E-state index contributed by atoms with van der Waals surface area (Å²) in [6, 6.07) is 1.04. The second-order valence-electron chi connectivity index (χ2n) is 8.40. The Kier molecular flexibility index (Phi) is 7.76. The number of nitrogens with two attached hydrogens (primary N) is 2. The van der Waals surface area contributed by atoms with E-state index in [4.69, 9.17) is 16.2 Å². The van der Waals surface area contributed by atoms with E-state index in [0.717, 1.165) is 18.4 Å². The molecule has 4 N–H and O–H groups in total. The lowest BCUT2D eigenvalue weighted by molar-refractivity contribution is 0.0939. The third kappa shape index (κ3) is 5.53. The molecule has 180 valence electrons. The molecule has 1 aromatic heterocycles. The largest absolute Gasteiger partial charge is 0.496 e.